The Morgan fingerprint density at radius 1 is 0.432 bits per heavy atom. The Bertz CT molecular complexity index is 446. The Kier molecular flexibility index (Phi) is 30.9. The molecule has 0 heterocycles. The minimum absolute atomic E-state index is 0.280. The average Bonchev–Trinajstić information content (AvgIpc) is 2.87. The van der Waals surface area contributed by atoms with Gasteiger partial charge in [0.05, 0.1) is 59.5 Å². The lowest BCUT2D eigenvalue weighted by Gasteiger charge is -2.08. The van der Waals surface area contributed by atoms with Crippen LogP contribution in [0.15, 0.2) is 0 Å². The van der Waals surface area contributed by atoms with E-state index in [1.54, 1.807) is 0 Å². The van der Waals surface area contributed by atoms with Crippen molar-refractivity contribution in [1.29, 1.82) is 0 Å². The smallest absolute Gasteiger partial charge is 0.302 e. The molecule has 0 aliphatic carbocycles. The van der Waals surface area contributed by atoms with E-state index in [0.29, 0.717) is 59.5 Å². The lowest BCUT2D eigenvalue weighted by Crippen LogP contribution is -2.14. The summed E-state index contributed by atoms with van der Waals surface area (Å²) in [4.78, 5) is 10.6. The highest BCUT2D eigenvalue weighted by Gasteiger charge is 1.97. The van der Waals surface area contributed by atoms with Crippen molar-refractivity contribution in [1.82, 2.24) is 0 Å². The van der Waals surface area contributed by atoms with E-state index in [0.717, 1.165) is 18.9 Å². The number of unbranched alkanes of at least 4 members (excludes halogenated alkanes) is 12. The zero-order valence-electron chi connectivity index (χ0n) is 24.6. The molecule has 0 unspecified atom stereocenters. The van der Waals surface area contributed by atoms with E-state index in [1.165, 1.54) is 90.4 Å². The molecule has 37 heavy (non-hydrogen) atoms. The van der Waals surface area contributed by atoms with Gasteiger partial charge in [0, 0.05) is 13.5 Å². The predicted octanol–water partition coefficient (Wildman–Crippen LogP) is 6.75. The Balaban J connectivity index is 3.03. The third-order valence-corrected chi connectivity index (χ3v) is 6.09. The molecule has 0 amide bonds. The standard InChI is InChI=1S/C30H60O7/c1-29(2)17-15-13-11-9-7-5-4-6-8-10-12-14-16-18-32-19-20-33-21-22-34-23-24-35-25-26-36-27-28-37-30(3)31/h29H,4-28H2,1-3H3. The molecule has 0 fully saturated rings. The van der Waals surface area contributed by atoms with Crippen LogP contribution in [0.1, 0.15) is 111 Å². The van der Waals surface area contributed by atoms with E-state index in [4.69, 9.17) is 28.4 Å². The number of carbonyl (C=O) groups excluding carboxylic acids is 1. The van der Waals surface area contributed by atoms with Crippen LogP contribution < -0.4 is 0 Å². The van der Waals surface area contributed by atoms with Crippen LogP contribution in [0.25, 0.3) is 0 Å². The molecule has 0 rings (SSSR count). The fourth-order valence-electron chi connectivity index (χ4n) is 3.93. The van der Waals surface area contributed by atoms with Gasteiger partial charge in [-0.3, -0.25) is 4.79 Å². The van der Waals surface area contributed by atoms with Gasteiger partial charge in [-0.1, -0.05) is 97.3 Å². The van der Waals surface area contributed by atoms with Crippen LogP contribution in [0.4, 0.5) is 0 Å². The number of hydrogen-bond donors (Lipinski definition) is 0. The van der Waals surface area contributed by atoms with E-state index < -0.39 is 0 Å². The zero-order chi connectivity index (χ0) is 27.1. The maximum absolute atomic E-state index is 10.6. The summed E-state index contributed by atoms with van der Waals surface area (Å²) < 4.78 is 32.1. The Hall–Kier alpha value is -0.730. The lowest BCUT2D eigenvalue weighted by atomic mass is 10.0. The van der Waals surface area contributed by atoms with E-state index in [9.17, 15) is 4.79 Å². The molecule has 0 radical (unpaired) electrons. The van der Waals surface area contributed by atoms with Crippen LogP contribution >= 0.6 is 0 Å². The second-order valence-corrected chi connectivity index (χ2v) is 10.2. The first-order chi connectivity index (χ1) is 18.1. The molecule has 0 spiro atoms. The maximum atomic E-state index is 10.6. The van der Waals surface area contributed by atoms with Crippen molar-refractivity contribution in [2.75, 3.05) is 72.7 Å². The van der Waals surface area contributed by atoms with E-state index in [2.05, 4.69) is 13.8 Å². The van der Waals surface area contributed by atoms with Crippen molar-refractivity contribution >= 4 is 5.97 Å². The van der Waals surface area contributed by atoms with Gasteiger partial charge in [0.1, 0.15) is 6.61 Å². The number of rotatable bonds is 31. The molecule has 7 heteroatoms. The molecule has 0 aromatic carbocycles. The van der Waals surface area contributed by atoms with Gasteiger partial charge >= 0.3 is 5.97 Å². The number of carbonyl (C=O) groups is 1. The Labute approximate surface area is 228 Å². The molecule has 0 bridgehead atoms. The van der Waals surface area contributed by atoms with Gasteiger partial charge in [-0.05, 0) is 12.3 Å². The minimum atomic E-state index is -0.293. The van der Waals surface area contributed by atoms with Crippen molar-refractivity contribution in [3.63, 3.8) is 0 Å². The zero-order valence-corrected chi connectivity index (χ0v) is 24.6. The number of ether oxygens (including phenoxy) is 6. The van der Waals surface area contributed by atoms with Crippen LogP contribution in [-0.4, -0.2) is 78.6 Å². The van der Waals surface area contributed by atoms with E-state index in [1.807, 2.05) is 0 Å². The molecular formula is C30H60O7. The number of esters is 1. The predicted molar refractivity (Wildman–Crippen MR) is 150 cm³/mol. The summed E-state index contributed by atoms with van der Waals surface area (Å²) in [5, 5.41) is 0. The number of hydrogen-bond acceptors (Lipinski definition) is 7. The lowest BCUT2D eigenvalue weighted by molar-refractivity contribution is -0.142. The summed E-state index contributed by atoms with van der Waals surface area (Å²) in [5.41, 5.74) is 0. The SMILES string of the molecule is CC(=O)OCCOCCOCCOCCOCCOCCCCCCCCCCCCCCCC(C)C. The molecule has 7 nitrogen and oxygen atoms in total. The normalized spacial score (nSPS) is 11.5. The third-order valence-electron chi connectivity index (χ3n) is 6.09. The highest BCUT2D eigenvalue weighted by atomic mass is 16.6. The molecule has 0 aliphatic rings. The first-order valence-corrected chi connectivity index (χ1v) is 15.1. The van der Waals surface area contributed by atoms with Crippen LogP contribution in [0, 0.1) is 5.92 Å². The van der Waals surface area contributed by atoms with E-state index in [-0.39, 0.29) is 12.6 Å². The van der Waals surface area contributed by atoms with Crippen LogP contribution in [0.2, 0.25) is 0 Å². The van der Waals surface area contributed by atoms with Crippen molar-refractivity contribution in [3.8, 4) is 0 Å². The Morgan fingerprint density at radius 3 is 1.08 bits per heavy atom. The molecule has 0 aromatic heterocycles. The highest BCUT2D eigenvalue weighted by Crippen LogP contribution is 2.14. The second kappa shape index (κ2) is 31.5. The highest BCUT2D eigenvalue weighted by molar-refractivity contribution is 5.65. The van der Waals surface area contributed by atoms with Crippen molar-refractivity contribution < 1.29 is 33.2 Å². The Morgan fingerprint density at radius 2 is 0.730 bits per heavy atom. The molecular weight excluding hydrogens is 472 g/mol. The van der Waals surface area contributed by atoms with Crippen LogP contribution in [0.3, 0.4) is 0 Å². The van der Waals surface area contributed by atoms with Crippen molar-refractivity contribution in [3.05, 3.63) is 0 Å². The molecule has 222 valence electrons. The topological polar surface area (TPSA) is 72.5 Å². The van der Waals surface area contributed by atoms with Gasteiger partial charge in [0.25, 0.3) is 0 Å². The van der Waals surface area contributed by atoms with Gasteiger partial charge < -0.3 is 28.4 Å². The van der Waals surface area contributed by atoms with Crippen LogP contribution in [0.5, 0.6) is 0 Å². The van der Waals surface area contributed by atoms with E-state index >= 15 is 0 Å². The quantitative estimate of drug-likeness (QED) is 0.0722. The van der Waals surface area contributed by atoms with Gasteiger partial charge in [-0.2, -0.15) is 0 Å². The monoisotopic (exact) mass is 532 g/mol. The second-order valence-electron chi connectivity index (χ2n) is 10.2. The molecule has 0 aromatic rings. The van der Waals surface area contributed by atoms with Crippen molar-refractivity contribution in [2.24, 2.45) is 5.92 Å². The first-order valence-electron chi connectivity index (χ1n) is 15.1. The molecule has 0 atom stereocenters. The summed E-state index contributed by atoms with van der Waals surface area (Å²) in [5.74, 6) is 0.576. The largest absolute Gasteiger partial charge is 0.463 e. The minimum Gasteiger partial charge on any atom is -0.463 e. The maximum Gasteiger partial charge on any atom is 0.302 e. The summed E-state index contributed by atoms with van der Waals surface area (Å²) in [6.07, 6.45) is 19.3. The molecule has 0 saturated carbocycles. The first kappa shape index (κ1) is 36.3. The van der Waals surface area contributed by atoms with Gasteiger partial charge in [0.2, 0.25) is 0 Å². The third kappa shape index (κ3) is 35.3. The van der Waals surface area contributed by atoms with Gasteiger partial charge in [-0.15, -0.1) is 0 Å². The van der Waals surface area contributed by atoms with Crippen LogP contribution in [-0.2, 0) is 33.2 Å². The summed E-state index contributed by atoms with van der Waals surface area (Å²) in [6.45, 7) is 12.0. The summed E-state index contributed by atoms with van der Waals surface area (Å²) in [7, 11) is 0. The van der Waals surface area contributed by atoms with Crippen molar-refractivity contribution in [2.45, 2.75) is 111 Å². The summed E-state index contributed by atoms with van der Waals surface area (Å²) in [6, 6.07) is 0. The molecule has 0 N–H and O–H groups in total. The fraction of sp³-hybridized carbons (Fsp3) is 0.967. The fourth-order valence-corrected chi connectivity index (χ4v) is 3.93. The molecule has 0 saturated heterocycles. The van der Waals surface area contributed by atoms with Gasteiger partial charge in [0.15, 0.2) is 0 Å². The average molecular weight is 533 g/mol. The van der Waals surface area contributed by atoms with Gasteiger partial charge in [-0.25, -0.2) is 0 Å². The molecule has 0 aliphatic heterocycles. The summed E-state index contributed by atoms with van der Waals surface area (Å²) >= 11 is 0.